The summed E-state index contributed by atoms with van der Waals surface area (Å²) < 4.78 is 5.75. The summed E-state index contributed by atoms with van der Waals surface area (Å²) >= 11 is 0. The van der Waals surface area contributed by atoms with E-state index in [0.29, 0.717) is 6.10 Å². The van der Waals surface area contributed by atoms with E-state index in [1.165, 1.54) is 38.5 Å². The lowest BCUT2D eigenvalue weighted by atomic mass is 9.86. The Balaban J connectivity index is 2.01. The highest BCUT2D eigenvalue weighted by atomic mass is 16.5. The zero-order chi connectivity index (χ0) is 11.8. The van der Waals surface area contributed by atoms with Gasteiger partial charge in [0.1, 0.15) is 0 Å². The molecule has 0 saturated heterocycles. The van der Waals surface area contributed by atoms with Crippen LogP contribution in [0.1, 0.15) is 59.3 Å². The first-order valence-corrected chi connectivity index (χ1v) is 7.09. The van der Waals surface area contributed by atoms with Crippen molar-refractivity contribution in [2.24, 2.45) is 5.92 Å². The molecule has 0 aromatic rings. The van der Waals surface area contributed by atoms with E-state index in [-0.39, 0.29) is 0 Å². The van der Waals surface area contributed by atoms with Gasteiger partial charge >= 0.3 is 0 Å². The highest BCUT2D eigenvalue weighted by molar-refractivity contribution is 4.77. The van der Waals surface area contributed by atoms with E-state index < -0.39 is 0 Å². The molecule has 0 spiro atoms. The largest absolute Gasteiger partial charge is 0.377 e. The van der Waals surface area contributed by atoms with E-state index in [4.69, 9.17) is 4.74 Å². The van der Waals surface area contributed by atoms with Crippen LogP contribution in [0.4, 0.5) is 0 Å². The Kier molecular flexibility index (Phi) is 7.06. The van der Waals surface area contributed by atoms with Crippen molar-refractivity contribution in [3.8, 4) is 0 Å². The van der Waals surface area contributed by atoms with E-state index in [1.807, 2.05) is 0 Å². The van der Waals surface area contributed by atoms with Crippen molar-refractivity contribution in [1.29, 1.82) is 0 Å². The molecule has 0 aromatic carbocycles. The molecule has 0 aliphatic heterocycles. The topological polar surface area (TPSA) is 21.3 Å². The molecule has 0 heterocycles. The summed E-state index contributed by atoms with van der Waals surface area (Å²) in [6.45, 7) is 8.64. The lowest BCUT2D eigenvalue weighted by Gasteiger charge is -2.29. The van der Waals surface area contributed by atoms with Crippen molar-refractivity contribution in [3.05, 3.63) is 0 Å². The Morgan fingerprint density at radius 2 is 2.06 bits per heavy atom. The van der Waals surface area contributed by atoms with E-state index in [1.54, 1.807) is 0 Å². The molecule has 1 N–H and O–H groups in total. The van der Waals surface area contributed by atoms with Crippen LogP contribution in [0.15, 0.2) is 0 Å². The number of rotatable bonds is 7. The molecule has 1 aliphatic carbocycles. The molecule has 16 heavy (non-hydrogen) atoms. The summed E-state index contributed by atoms with van der Waals surface area (Å²) in [6, 6.07) is 0.735. The van der Waals surface area contributed by atoms with Crippen LogP contribution in [-0.4, -0.2) is 25.3 Å². The van der Waals surface area contributed by atoms with Crippen molar-refractivity contribution < 1.29 is 4.74 Å². The Morgan fingerprint density at radius 1 is 1.31 bits per heavy atom. The molecule has 0 bridgehead atoms. The fourth-order valence-electron chi connectivity index (χ4n) is 2.61. The first-order chi connectivity index (χ1) is 7.74. The lowest BCUT2D eigenvalue weighted by Crippen LogP contribution is -2.39. The standard InChI is InChI=1S/C14H29NO/c1-4-7-13(3)16-11-10-15-14-9-6-5-8-12(14)2/h12-15H,4-11H2,1-3H3. The van der Waals surface area contributed by atoms with Crippen molar-refractivity contribution in [3.63, 3.8) is 0 Å². The average Bonchev–Trinajstić information content (AvgIpc) is 2.27. The van der Waals surface area contributed by atoms with Gasteiger partial charge in [-0.25, -0.2) is 0 Å². The quantitative estimate of drug-likeness (QED) is 0.673. The number of hydrogen-bond donors (Lipinski definition) is 1. The predicted octanol–water partition coefficient (Wildman–Crippen LogP) is 3.36. The highest BCUT2D eigenvalue weighted by Crippen LogP contribution is 2.23. The maximum atomic E-state index is 5.75. The molecule has 96 valence electrons. The number of nitrogens with one attached hydrogen (secondary N) is 1. The SMILES string of the molecule is CCCC(C)OCCNC1CCCCC1C. The third-order valence-corrected chi connectivity index (χ3v) is 3.72. The van der Waals surface area contributed by atoms with Crippen molar-refractivity contribution >= 4 is 0 Å². The zero-order valence-corrected chi connectivity index (χ0v) is 11.3. The minimum absolute atomic E-state index is 0.426. The van der Waals surface area contributed by atoms with Gasteiger partial charge < -0.3 is 10.1 Å². The fourth-order valence-corrected chi connectivity index (χ4v) is 2.61. The monoisotopic (exact) mass is 227 g/mol. The molecular weight excluding hydrogens is 198 g/mol. The summed E-state index contributed by atoms with van der Waals surface area (Å²) in [7, 11) is 0. The van der Waals surface area contributed by atoms with Crippen LogP contribution in [0.25, 0.3) is 0 Å². The number of hydrogen-bond acceptors (Lipinski definition) is 2. The van der Waals surface area contributed by atoms with Gasteiger partial charge in [0, 0.05) is 12.6 Å². The van der Waals surface area contributed by atoms with Crippen molar-refractivity contribution in [1.82, 2.24) is 5.32 Å². The average molecular weight is 227 g/mol. The molecule has 2 heteroatoms. The van der Waals surface area contributed by atoms with Gasteiger partial charge in [-0.15, -0.1) is 0 Å². The Bertz CT molecular complexity index is 172. The minimum Gasteiger partial charge on any atom is -0.377 e. The van der Waals surface area contributed by atoms with E-state index in [0.717, 1.165) is 25.1 Å². The first kappa shape index (κ1) is 14.0. The van der Waals surface area contributed by atoms with Crippen LogP contribution in [0.2, 0.25) is 0 Å². The summed E-state index contributed by atoms with van der Waals surface area (Å²) in [6.07, 6.45) is 8.39. The highest BCUT2D eigenvalue weighted by Gasteiger charge is 2.20. The van der Waals surface area contributed by atoms with Gasteiger partial charge in [-0.2, -0.15) is 0 Å². The van der Waals surface area contributed by atoms with Crippen LogP contribution < -0.4 is 5.32 Å². The van der Waals surface area contributed by atoms with Gasteiger partial charge in [0.2, 0.25) is 0 Å². The summed E-state index contributed by atoms with van der Waals surface area (Å²) in [5.74, 6) is 0.849. The maximum absolute atomic E-state index is 5.75. The number of ether oxygens (including phenoxy) is 1. The molecule has 0 amide bonds. The van der Waals surface area contributed by atoms with Crippen LogP contribution in [0.3, 0.4) is 0 Å². The summed E-state index contributed by atoms with van der Waals surface area (Å²) in [5.41, 5.74) is 0. The van der Waals surface area contributed by atoms with Gasteiger partial charge in [-0.3, -0.25) is 0 Å². The zero-order valence-electron chi connectivity index (χ0n) is 11.3. The third-order valence-electron chi connectivity index (χ3n) is 3.72. The van der Waals surface area contributed by atoms with Crippen molar-refractivity contribution in [2.75, 3.05) is 13.2 Å². The predicted molar refractivity (Wildman–Crippen MR) is 69.7 cm³/mol. The van der Waals surface area contributed by atoms with Gasteiger partial charge in [0.05, 0.1) is 12.7 Å². The smallest absolute Gasteiger partial charge is 0.0594 e. The fraction of sp³-hybridized carbons (Fsp3) is 1.00. The molecule has 1 rings (SSSR count). The van der Waals surface area contributed by atoms with Crippen molar-refractivity contribution in [2.45, 2.75) is 71.4 Å². The van der Waals surface area contributed by atoms with Crippen LogP contribution in [0, 0.1) is 5.92 Å². The first-order valence-electron chi connectivity index (χ1n) is 7.09. The Hall–Kier alpha value is -0.0800. The second-order valence-corrected chi connectivity index (χ2v) is 5.29. The lowest BCUT2D eigenvalue weighted by molar-refractivity contribution is 0.0587. The van der Waals surface area contributed by atoms with E-state index >= 15 is 0 Å². The van der Waals surface area contributed by atoms with E-state index in [9.17, 15) is 0 Å². The molecular formula is C14H29NO. The molecule has 2 nitrogen and oxygen atoms in total. The van der Waals surface area contributed by atoms with Crippen LogP contribution in [0.5, 0.6) is 0 Å². The minimum atomic E-state index is 0.426. The second kappa shape index (κ2) is 8.08. The van der Waals surface area contributed by atoms with E-state index in [2.05, 4.69) is 26.1 Å². The van der Waals surface area contributed by atoms with Gasteiger partial charge in [0.15, 0.2) is 0 Å². The summed E-state index contributed by atoms with van der Waals surface area (Å²) in [5, 5.41) is 3.64. The normalized spacial score (nSPS) is 27.9. The van der Waals surface area contributed by atoms with Gasteiger partial charge in [0.25, 0.3) is 0 Å². The Morgan fingerprint density at radius 3 is 2.75 bits per heavy atom. The molecule has 1 aliphatic rings. The second-order valence-electron chi connectivity index (χ2n) is 5.29. The molecule has 1 saturated carbocycles. The third kappa shape index (κ3) is 5.31. The Labute approximate surface area is 101 Å². The van der Waals surface area contributed by atoms with Crippen LogP contribution in [-0.2, 0) is 4.74 Å². The molecule has 3 unspecified atom stereocenters. The molecule has 0 aromatic heterocycles. The maximum Gasteiger partial charge on any atom is 0.0594 e. The van der Waals surface area contributed by atoms with Gasteiger partial charge in [-0.05, 0) is 32.1 Å². The molecule has 3 atom stereocenters. The molecule has 1 fully saturated rings. The van der Waals surface area contributed by atoms with Gasteiger partial charge in [-0.1, -0.05) is 33.1 Å². The molecule has 0 radical (unpaired) electrons. The summed E-state index contributed by atoms with van der Waals surface area (Å²) in [4.78, 5) is 0. The van der Waals surface area contributed by atoms with Crippen LogP contribution >= 0.6 is 0 Å².